The van der Waals surface area contributed by atoms with Crippen LogP contribution in [0, 0.1) is 0 Å². The summed E-state index contributed by atoms with van der Waals surface area (Å²) in [6.07, 6.45) is 3.54. The molecule has 10 heteroatoms. The number of anilines is 1. The number of methoxy groups -OCH3 is 1. The van der Waals surface area contributed by atoms with Crippen molar-refractivity contribution >= 4 is 29.5 Å². The number of imidazole rings is 1. The summed E-state index contributed by atoms with van der Waals surface area (Å²) in [5.41, 5.74) is 1.81. The van der Waals surface area contributed by atoms with Crippen molar-refractivity contribution in [2.75, 3.05) is 32.1 Å². The van der Waals surface area contributed by atoms with E-state index in [1.54, 1.807) is 23.8 Å². The van der Waals surface area contributed by atoms with Crippen LogP contribution in [-0.2, 0) is 9.53 Å². The Morgan fingerprint density at radius 2 is 1.97 bits per heavy atom. The van der Waals surface area contributed by atoms with Crippen LogP contribution in [0.5, 0.6) is 5.75 Å². The third-order valence-electron chi connectivity index (χ3n) is 5.98. The molecule has 0 unspecified atom stereocenters. The third-order valence-corrected chi connectivity index (χ3v) is 6.23. The van der Waals surface area contributed by atoms with Crippen LogP contribution in [0.4, 0.5) is 10.7 Å². The lowest BCUT2D eigenvalue weighted by Gasteiger charge is -2.29. The minimum absolute atomic E-state index is 0.0937. The molecule has 2 heterocycles. The van der Waals surface area contributed by atoms with Crippen molar-refractivity contribution in [3.05, 3.63) is 59.8 Å². The van der Waals surface area contributed by atoms with Crippen LogP contribution >= 0.6 is 11.6 Å². The minimum atomic E-state index is -0.446. The number of rotatable bonds is 8. The van der Waals surface area contributed by atoms with E-state index >= 15 is 0 Å². The van der Waals surface area contributed by atoms with Gasteiger partial charge in [-0.3, -0.25) is 14.7 Å². The van der Waals surface area contributed by atoms with Crippen molar-refractivity contribution in [1.29, 1.82) is 0 Å². The zero-order chi connectivity index (χ0) is 27.3. The van der Waals surface area contributed by atoms with Crippen LogP contribution in [0.2, 0.25) is 5.02 Å². The van der Waals surface area contributed by atoms with E-state index < -0.39 is 5.54 Å². The Kier molecular flexibility index (Phi) is 8.58. The number of ether oxygens (including phenoxy) is 2. The average Bonchev–Trinajstić information content (AvgIpc) is 3.53. The number of benzene rings is 2. The quantitative estimate of drug-likeness (QED) is 0.413. The molecule has 4 rings (SSSR count). The average molecular weight is 540 g/mol. The van der Waals surface area contributed by atoms with Gasteiger partial charge in [-0.15, -0.1) is 0 Å². The molecule has 0 spiro atoms. The van der Waals surface area contributed by atoms with Crippen LogP contribution in [0.15, 0.2) is 54.7 Å². The predicted octanol–water partition coefficient (Wildman–Crippen LogP) is 5.13. The normalized spacial score (nSPS) is 15.2. The van der Waals surface area contributed by atoms with E-state index in [1.165, 1.54) is 4.90 Å². The van der Waals surface area contributed by atoms with Crippen molar-refractivity contribution in [1.82, 2.24) is 19.8 Å². The molecule has 0 bridgehead atoms. The van der Waals surface area contributed by atoms with Crippen molar-refractivity contribution in [3.63, 3.8) is 0 Å². The second-order valence-electron chi connectivity index (χ2n) is 10.3. The summed E-state index contributed by atoms with van der Waals surface area (Å²) in [5, 5.41) is 6.47. The zero-order valence-electron chi connectivity index (χ0n) is 22.2. The molecule has 1 saturated heterocycles. The zero-order valence-corrected chi connectivity index (χ0v) is 22.9. The first-order valence-electron chi connectivity index (χ1n) is 12.6. The van der Waals surface area contributed by atoms with Gasteiger partial charge >= 0.3 is 6.03 Å². The predicted molar refractivity (Wildman–Crippen MR) is 148 cm³/mol. The number of carbonyl (C=O) groups excluding carboxylic acids is 2. The summed E-state index contributed by atoms with van der Waals surface area (Å²) in [7, 11) is 1.60. The van der Waals surface area contributed by atoms with Gasteiger partial charge in [0.25, 0.3) is 0 Å². The van der Waals surface area contributed by atoms with Gasteiger partial charge in [-0.25, -0.2) is 9.78 Å². The van der Waals surface area contributed by atoms with Gasteiger partial charge in [-0.05, 0) is 57.9 Å². The first-order valence-corrected chi connectivity index (χ1v) is 13.0. The lowest BCUT2D eigenvalue weighted by molar-refractivity contribution is -0.117. The lowest BCUT2D eigenvalue weighted by atomic mass is 10.1. The molecule has 2 N–H and O–H groups in total. The fourth-order valence-corrected chi connectivity index (χ4v) is 4.30. The molecule has 0 aliphatic carbocycles. The van der Waals surface area contributed by atoms with Gasteiger partial charge in [0.15, 0.2) is 0 Å². The first-order chi connectivity index (χ1) is 18.1. The molecule has 0 radical (unpaired) electrons. The van der Waals surface area contributed by atoms with Crippen molar-refractivity contribution in [2.24, 2.45) is 0 Å². The molecule has 3 amide bonds. The van der Waals surface area contributed by atoms with Crippen LogP contribution in [0.1, 0.15) is 33.6 Å². The standard InChI is InChI=1S/C28H34ClN5O4/c1-28(2,3)32-27(36)33(16-23-9-6-14-38-23)18-25(35)31-26-30-24(19-10-12-20(29)13-11-19)17-34(26)21-7-5-8-22(15-21)37-4/h5,7-8,10-13,15,17,23H,6,9,14,16,18H2,1-4H3,(H,32,36)(H,30,31,35)/t23-/m0/s1. The number of aromatic nitrogens is 2. The van der Waals surface area contributed by atoms with E-state index in [0.717, 1.165) is 24.1 Å². The van der Waals surface area contributed by atoms with Crippen molar-refractivity contribution in [2.45, 2.75) is 45.3 Å². The molecule has 38 heavy (non-hydrogen) atoms. The Morgan fingerprint density at radius 3 is 2.63 bits per heavy atom. The molecule has 9 nitrogen and oxygen atoms in total. The SMILES string of the molecule is COc1cccc(-n2cc(-c3ccc(Cl)cc3)nc2NC(=O)CN(C[C@@H]2CCCO2)C(=O)NC(C)(C)C)c1. The number of amides is 3. The van der Waals surface area contributed by atoms with E-state index in [0.29, 0.717) is 35.6 Å². The van der Waals surface area contributed by atoms with Crippen LogP contribution in [0.25, 0.3) is 16.9 Å². The Labute approximate surface area is 228 Å². The van der Waals surface area contributed by atoms with Gasteiger partial charge in [0.05, 0.1) is 24.6 Å². The molecule has 1 atom stereocenters. The number of halogens is 1. The highest BCUT2D eigenvalue weighted by Crippen LogP contribution is 2.27. The number of carbonyl (C=O) groups is 2. The topological polar surface area (TPSA) is 97.7 Å². The summed E-state index contributed by atoms with van der Waals surface area (Å²) >= 11 is 6.07. The van der Waals surface area contributed by atoms with Crippen LogP contribution < -0.4 is 15.4 Å². The van der Waals surface area contributed by atoms with Crippen molar-refractivity contribution in [3.8, 4) is 22.7 Å². The smallest absolute Gasteiger partial charge is 0.318 e. The maximum atomic E-state index is 13.3. The van der Waals surface area contributed by atoms with Gasteiger partial charge in [0.1, 0.15) is 12.3 Å². The monoisotopic (exact) mass is 539 g/mol. The number of nitrogens with one attached hydrogen (secondary N) is 2. The molecular formula is C28H34ClN5O4. The van der Waals surface area contributed by atoms with E-state index in [4.69, 9.17) is 26.1 Å². The van der Waals surface area contributed by atoms with Crippen LogP contribution in [-0.4, -0.2) is 64.8 Å². The van der Waals surface area contributed by atoms with E-state index in [-0.39, 0.29) is 24.6 Å². The number of urea groups is 1. The molecular weight excluding hydrogens is 506 g/mol. The first kappa shape index (κ1) is 27.5. The van der Waals surface area contributed by atoms with E-state index in [1.807, 2.05) is 63.4 Å². The fourth-order valence-electron chi connectivity index (χ4n) is 4.18. The van der Waals surface area contributed by atoms with Gasteiger partial charge in [0.2, 0.25) is 11.9 Å². The Hall–Kier alpha value is -3.56. The van der Waals surface area contributed by atoms with Gasteiger partial charge < -0.3 is 19.7 Å². The number of nitrogens with zero attached hydrogens (tertiary/aromatic N) is 3. The van der Waals surface area contributed by atoms with Gasteiger partial charge in [0, 0.05) is 41.5 Å². The highest BCUT2D eigenvalue weighted by Gasteiger charge is 2.27. The summed E-state index contributed by atoms with van der Waals surface area (Å²) < 4.78 is 12.9. The van der Waals surface area contributed by atoms with E-state index in [2.05, 4.69) is 10.6 Å². The maximum absolute atomic E-state index is 13.3. The number of hydrogen-bond donors (Lipinski definition) is 2. The lowest BCUT2D eigenvalue weighted by Crippen LogP contribution is -2.52. The molecule has 2 aromatic carbocycles. The highest BCUT2D eigenvalue weighted by atomic mass is 35.5. The van der Waals surface area contributed by atoms with Gasteiger partial charge in [-0.1, -0.05) is 29.8 Å². The van der Waals surface area contributed by atoms with Crippen LogP contribution in [0.3, 0.4) is 0 Å². The summed E-state index contributed by atoms with van der Waals surface area (Å²) in [6.45, 7) is 6.55. The Bertz CT molecular complexity index is 1260. The highest BCUT2D eigenvalue weighted by molar-refractivity contribution is 6.30. The molecule has 1 aliphatic rings. The van der Waals surface area contributed by atoms with Gasteiger partial charge in [-0.2, -0.15) is 0 Å². The van der Waals surface area contributed by atoms with E-state index in [9.17, 15) is 9.59 Å². The molecule has 1 fully saturated rings. The summed E-state index contributed by atoms with van der Waals surface area (Å²) in [4.78, 5) is 32.5. The second kappa shape index (κ2) is 11.9. The minimum Gasteiger partial charge on any atom is -0.497 e. The third kappa shape index (κ3) is 7.26. The number of hydrogen-bond acceptors (Lipinski definition) is 5. The summed E-state index contributed by atoms with van der Waals surface area (Å²) in [5.74, 6) is 0.620. The largest absolute Gasteiger partial charge is 0.497 e. The van der Waals surface area contributed by atoms with Crippen molar-refractivity contribution < 1.29 is 19.1 Å². The second-order valence-corrected chi connectivity index (χ2v) is 10.7. The molecule has 202 valence electrons. The molecule has 3 aromatic rings. The fraction of sp³-hybridized carbons (Fsp3) is 0.393. The molecule has 0 saturated carbocycles. The molecule has 1 aromatic heterocycles. The Morgan fingerprint density at radius 1 is 1.21 bits per heavy atom. The Balaban J connectivity index is 1.60. The maximum Gasteiger partial charge on any atom is 0.318 e. The molecule has 1 aliphatic heterocycles. The summed E-state index contributed by atoms with van der Waals surface area (Å²) in [6, 6.07) is 14.4.